The van der Waals surface area contributed by atoms with Crippen molar-refractivity contribution in [2.75, 3.05) is 17.7 Å². The molecule has 3 aromatic rings. The van der Waals surface area contributed by atoms with Crippen LogP contribution in [0, 0.1) is 0 Å². The molecule has 0 spiro atoms. The highest BCUT2D eigenvalue weighted by Crippen LogP contribution is 2.33. The van der Waals surface area contributed by atoms with E-state index in [0.29, 0.717) is 20.6 Å². The Hall–Kier alpha value is -2.12. The van der Waals surface area contributed by atoms with Gasteiger partial charge in [0.05, 0.1) is 16.5 Å². The van der Waals surface area contributed by atoms with Gasteiger partial charge in [-0.2, -0.15) is 0 Å². The number of amides is 1. The van der Waals surface area contributed by atoms with E-state index in [1.54, 1.807) is 18.2 Å². The van der Waals surface area contributed by atoms with E-state index in [-0.39, 0.29) is 12.4 Å². The van der Waals surface area contributed by atoms with Crippen LogP contribution in [0.4, 0.5) is 5.69 Å². The molecule has 30 heavy (non-hydrogen) atoms. The zero-order valence-corrected chi connectivity index (χ0v) is 18.8. The van der Waals surface area contributed by atoms with Crippen LogP contribution in [-0.4, -0.2) is 24.2 Å². The molecule has 0 aliphatic heterocycles. The topological polar surface area (TPSA) is 55.4 Å². The number of benzene rings is 3. The van der Waals surface area contributed by atoms with Crippen molar-refractivity contribution in [1.29, 1.82) is 0 Å². The van der Waals surface area contributed by atoms with Gasteiger partial charge in [0.15, 0.2) is 6.61 Å². The second-order valence-corrected chi connectivity index (χ2v) is 8.96. The van der Waals surface area contributed by atoms with Crippen LogP contribution in [0.3, 0.4) is 0 Å². The molecule has 0 saturated heterocycles. The fourth-order valence-corrected chi connectivity index (χ4v) is 4.59. The van der Waals surface area contributed by atoms with E-state index in [2.05, 4.69) is 5.32 Å². The highest BCUT2D eigenvalue weighted by Gasteiger charge is 2.12. The molecule has 8 heteroatoms. The lowest BCUT2D eigenvalue weighted by Crippen LogP contribution is -2.21. The van der Waals surface area contributed by atoms with E-state index in [4.69, 9.17) is 27.9 Å². The summed E-state index contributed by atoms with van der Waals surface area (Å²) < 4.78 is 5.07. The Balaban J connectivity index is 1.50. The van der Waals surface area contributed by atoms with E-state index in [1.807, 2.05) is 54.6 Å². The number of thioether (sulfide) groups is 1. The minimum atomic E-state index is -0.516. The second-order valence-electron chi connectivity index (χ2n) is 5.98. The van der Waals surface area contributed by atoms with E-state index in [0.717, 1.165) is 9.79 Å². The van der Waals surface area contributed by atoms with Crippen molar-refractivity contribution in [1.82, 2.24) is 0 Å². The minimum absolute atomic E-state index is 0.0216. The van der Waals surface area contributed by atoms with Gasteiger partial charge in [0.1, 0.15) is 0 Å². The molecule has 0 saturated carbocycles. The number of carbonyl (C=O) groups is 2. The summed E-state index contributed by atoms with van der Waals surface area (Å²) in [6, 6.07) is 22.3. The van der Waals surface area contributed by atoms with E-state index in [9.17, 15) is 9.59 Å². The van der Waals surface area contributed by atoms with Gasteiger partial charge in [-0.25, -0.2) is 0 Å². The van der Waals surface area contributed by atoms with Gasteiger partial charge in [-0.3, -0.25) is 9.59 Å². The third kappa shape index (κ3) is 6.99. The van der Waals surface area contributed by atoms with Crippen molar-refractivity contribution in [3.05, 3.63) is 82.8 Å². The molecular formula is C22H17Cl2NO3S2. The molecular weight excluding hydrogens is 461 g/mol. The van der Waals surface area contributed by atoms with Crippen molar-refractivity contribution in [3.63, 3.8) is 0 Å². The maximum atomic E-state index is 12.3. The summed E-state index contributed by atoms with van der Waals surface area (Å²) >= 11 is 14.7. The normalized spacial score (nSPS) is 10.5. The highest BCUT2D eigenvalue weighted by atomic mass is 35.5. The lowest BCUT2D eigenvalue weighted by Gasteiger charge is -2.11. The first kappa shape index (κ1) is 22.6. The van der Waals surface area contributed by atoms with Crippen molar-refractivity contribution in [2.45, 2.75) is 14.7 Å². The van der Waals surface area contributed by atoms with Crippen LogP contribution < -0.4 is 5.32 Å². The van der Waals surface area contributed by atoms with Crippen molar-refractivity contribution in [2.24, 2.45) is 0 Å². The molecule has 0 atom stereocenters. The molecule has 1 N–H and O–H groups in total. The Bertz CT molecular complexity index is 1030. The summed E-state index contributed by atoms with van der Waals surface area (Å²) in [5.41, 5.74) is 0.660. The average Bonchev–Trinajstić information content (AvgIpc) is 2.75. The summed E-state index contributed by atoms with van der Waals surface area (Å²) in [6.07, 6.45) is 0. The van der Waals surface area contributed by atoms with Crippen LogP contribution >= 0.6 is 46.7 Å². The molecule has 3 rings (SSSR count). The highest BCUT2D eigenvalue weighted by molar-refractivity contribution is 8.00. The molecule has 0 aliphatic rings. The van der Waals surface area contributed by atoms with E-state index >= 15 is 0 Å². The second kappa shape index (κ2) is 11.3. The maximum absolute atomic E-state index is 12.3. The average molecular weight is 478 g/mol. The van der Waals surface area contributed by atoms with Gasteiger partial charge in [0, 0.05) is 19.7 Å². The van der Waals surface area contributed by atoms with Crippen LogP contribution in [0.15, 0.2) is 87.5 Å². The number of rotatable bonds is 8. The molecule has 1 amide bonds. The van der Waals surface area contributed by atoms with Crippen LogP contribution in [0.25, 0.3) is 0 Å². The molecule has 0 fully saturated rings. The van der Waals surface area contributed by atoms with Gasteiger partial charge >= 0.3 is 5.97 Å². The first-order valence-electron chi connectivity index (χ1n) is 8.86. The Morgan fingerprint density at radius 3 is 2.43 bits per heavy atom. The van der Waals surface area contributed by atoms with Gasteiger partial charge < -0.3 is 10.1 Å². The zero-order valence-electron chi connectivity index (χ0n) is 15.6. The van der Waals surface area contributed by atoms with Crippen LogP contribution in [0.1, 0.15) is 0 Å². The number of para-hydroxylation sites is 1. The summed E-state index contributed by atoms with van der Waals surface area (Å²) in [5.74, 6) is -0.901. The number of hydrogen-bond acceptors (Lipinski definition) is 5. The molecule has 0 radical (unpaired) electrons. The Labute approximate surface area is 193 Å². The molecule has 4 nitrogen and oxygen atoms in total. The van der Waals surface area contributed by atoms with Crippen molar-refractivity contribution in [3.8, 4) is 0 Å². The van der Waals surface area contributed by atoms with Crippen LogP contribution in [-0.2, 0) is 14.3 Å². The van der Waals surface area contributed by atoms with Gasteiger partial charge in [0.2, 0.25) is 0 Å². The maximum Gasteiger partial charge on any atom is 0.316 e. The summed E-state index contributed by atoms with van der Waals surface area (Å²) in [4.78, 5) is 26.9. The number of anilines is 1. The van der Waals surface area contributed by atoms with Crippen LogP contribution in [0.5, 0.6) is 0 Å². The third-order valence-electron chi connectivity index (χ3n) is 3.74. The minimum Gasteiger partial charge on any atom is -0.455 e. The number of nitrogens with one attached hydrogen (secondary N) is 1. The Morgan fingerprint density at radius 1 is 0.900 bits per heavy atom. The predicted octanol–water partition coefficient (Wildman–Crippen LogP) is 6.42. The number of carbonyl (C=O) groups excluding carboxylic acids is 2. The van der Waals surface area contributed by atoms with E-state index < -0.39 is 11.9 Å². The largest absolute Gasteiger partial charge is 0.455 e. The fourth-order valence-electron chi connectivity index (χ4n) is 2.37. The molecule has 154 valence electrons. The van der Waals surface area contributed by atoms with Gasteiger partial charge in [0.25, 0.3) is 5.91 Å². The number of esters is 1. The van der Waals surface area contributed by atoms with Gasteiger partial charge in [-0.05, 0) is 42.5 Å². The number of ether oxygens (including phenoxy) is 1. The smallest absolute Gasteiger partial charge is 0.316 e. The monoisotopic (exact) mass is 477 g/mol. The zero-order chi connectivity index (χ0) is 21.3. The van der Waals surface area contributed by atoms with Crippen molar-refractivity contribution < 1.29 is 14.3 Å². The molecule has 3 aromatic carbocycles. The van der Waals surface area contributed by atoms with Crippen LogP contribution in [0.2, 0.25) is 10.0 Å². The molecule has 0 bridgehead atoms. The third-order valence-corrected chi connectivity index (χ3v) is 6.52. The summed E-state index contributed by atoms with van der Waals surface area (Å²) in [5, 5.41) is 3.83. The number of hydrogen-bond donors (Lipinski definition) is 1. The van der Waals surface area contributed by atoms with E-state index in [1.165, 1.54) is 23.5 Å². The fraction of sp³-hybridized carbons (Fsp3) is 0.0909. The Kier molecular flexibility index (Phi) is 8.51. The van der Waals surface area contributed by atoms with Gasteiger partial charge in [-0.15, -0.1) is 11.8 Å². The Morgan fingerprint density at radius 2 is 1.63 bits per heavy atom. The lowest BCUT2D eigenvalue weighted by atomic mass is 10.3. The number of halogens is 2. The molecule has 0 heterocycles. The standard InChI is InChI=1S/C22H17Cl2NO3S2/c23-15-10-11-17(24)20(12-15)29-14-22(27)28-13-21(26)25-18-8-4-5-9-19(18)30-16-6-2-1-3-7-16/h1-12H,13-14H2,(H,25,26). The predicted molar refractivity (Wildman–Crippen MR) is 124 cm³/mol. The SMILES string of the molecule is O=C(COC(=O)CSc1cc(Cl)ccc1Cl)Nc1ccccc1Sc1ccccc1. The molecule has 0 unspecified atom stereocenters. The first-order chi connectivity index (χ1) is 14.5. The lowest BCUT2D eigenvalue weighted by molar-refractivity contribution is -0.144. The summed E-state index contributed by atoms with van der Waals surface area (Å²) in [7, 11) is 0. The van der Waals surface area contributed by atoms with Crippen molar-refractivity contribution >= 4 is 64.3 Å². The molecule has 0 aliphatic carbocycles. The summed E-state index contributed by atoms with van der Waals surface area (Å²) in [6.45, 7) is -0.368. The quantitative estimate of drug-likeness (QED) is 0.299. The molecule has 0 aromatic heterocycles. The first-order valence-corrected chi connectivity index (χ1v) is 11.4. The van der Waals surface area contributed by atoms with Gasteiger partial charge in [-0.1, -0.05) is 65.3 Å².